The first-order chi connectivity index (χ1) is 12.5. The SMILES string of the molecule is N#C/C(=C\C1=Cc2cc(Cl)ccc2OC1)C(=O)Nc1ccc(Cl)cc1Cl. The number of ether oxygens (including phenoxy) is 1. The molecule has 0 unspecified atom stereocenters. The zero-order valence-corrected chi connectivity index (χ0v) is 15.5. The molecule has 0 saturated carbocycles. The number of hydrogen-bond donors (Lipinski definition) is 1. The summed E-state index contributed by atoms with van der Waals surface area (Å²) in [6, 6.07) is 11.8. The van der Waals surface area contributed by atoms with E-state index < -0.39 is 5.91 Å². The van der Waals surface area contributed by atoms with Crippen molar-refractivity contribution in [1.29, 1.82) is 5.26 Å². The number of nitrogens with one attached hydrogen (secondary N) is 1. The van der Waals surface area contributed by atoms with Gasteiger partial charge in [0.15, 0.2) is 0 Å². The second-order valence-corrected chi connectivity index (χ2v) is 6.72. The number of anilines is 1. The Morgan fingerprint density at radius 1 is 1.15 bits per heavy atom. The predicted octanol–water partition coefficient (Wildman–Crippen LogP) is 5.51. The molecule has 0 saturated heterocycles. The van der Waals surface area contributed by atoms with Crippen LogP contribution in [-0.2, 0) is 4.79 Å². The van der Waals surface area contributed by atoms with E-state index in [1.165, 1.54) is 12.1 Å². The number of fused-ring (bicyclic) bond motifs is 1. The molecular weight excluding hydrogens is 395 g/mol. The molecule has 4 nitrogen and oxygen atoms in total. The van der Waals surface area contributed by atoms with Crippen molar-refractivity contribution in [3.05, 3.63) is 74.3 Å². The fourth-order valence-corrected chi connectivity index (χ4v) is 3.00. The van der Waals surface area contributed by atoms with Gasteiger partial charge in [-0.05, 0) is 54.1 Å². The monoisotopic (exact) mass is 404 g/mol. The first-order valence-corrected chi connectivity index (χ1v) is 8.61. The fraction of sp³-hybridized carbons (Fsp3) is 0.0526. The van der Waals surface area contributed by atoms with Crippen molar-refractivity contribution in [1.82, 2.24) is 0 Å². The van der Waals surface area contributed by atoms with Crippen molar-refractivity contribution in [3.63, 3.8) is 0 Å². The van der Waals surface area contributed by atoms with Gasteiger partial charge in [-0.15, -0.1) is 0 Å². The largest absolute Gasteiger partial charge is 0.488 e. The van der Waals surface area contributed by atoms with Crippen LogP contribution in [0.3, 0.4) is 0 Å². The van der Waals surface area contributed by atoms with Gasteiger partial charge in [0.2, 0.25) is 0 Å². The number of hydrogen-bond acceptors (Lipinski definition) is 3. The lowest BCUT2D eigenvalue weighted by Crippen LogP contribution is -2.15. The zero-order valence-electron chi connectivity index (χ0n) is 13.2. The van der Waals surface area contributed by atoms with Crippen molar-refractivity contribution in [2.45, 2.75) is 0 Å². The van der Waals surface area contributed by atoms with E-state index in [4.69, 9.17) is 39.5 Å². The molecule has 26 heavy (non-hydrogen) atoms. The first-order valence-electron chi connectivity index (χ1n) is 7.47. The van der Waals surface area contributed by atoms with Gasteiger partial charge in [0.05, 0.1) is 10.7 Å². The summed E-state index contributed by atoms with van der Waals surface area (Å²) in [5.74, 6) is 0.122. The van der Waals surface area contributed by atoms with Crippen LogP contribution in [-0.4, -0.2) is 12.5 Å². The molecule has 0 radical (unpaired) electrons. The molecule has 130 valence electrons. The number of benzene rings is 2. The molecule has 0 fully saturated rings. The minimum atomic E-state index is -0.575. The van der Waals surface area contributed by atoms with Crippen LogP contribution in [0, 0.1) is 11.3 Å². The van der Waals surface area contributed by atoms with Crippen molar-refractivity contribution >= 4 is 52.5 Å². The Morgan fingerprint density at radius 3 is 2.62 bits per heavy atom. The van der Waals surface area contributed by atoms with Gasteiger partial charge in [-0.2, -0.15) is 5.26 Å². The molecule has 0 aliphatic carbocycles. The predicted molar refractivity (Wildman–Crippen MR) is 104 cm³/mol. The molecule has 2 aromatic carbocycles. The zero-order chi connectivity index (χ0) is 18.7. The van der Waals surface area contributed by atoms with E-state index in [9.17, 15) is 10.1 Å². The minimum Gasteiger partial charge on any atom is -0.488 e. The number of carbonyl (C=O) groups is 1. The number of nitriles is 1. The molecule has 0 bridgehead atoms. The number of amides is 1. The second-order valence-electron chi connectivity index (χ2n) is 5.44. The fourth-order valence-electron chi connectivity index (χ4n) is 2.36. The molecule has 1 heterocycles. The number of halogens is 3. The standard InChI is InChI=1S/C19H11Cl3N2O2/c20-14-2-4-18-12(7-14)5-11(10-26-18)6-13(9-23)19(25)24-17-3-1-15(21)8-16(17)22/h1-8H,10H2,(H,24,25)/b13-6+. The molecule has 7 heteroatoms. The van der Waals surface area contributed by atoms with Gasteiger partial charge in [-0.3, -0.25) is 4.79 Å². The van der Waals surface area contributed by atoms with E-state index in [1.54, 1.807) is 30.3 Å². The summed E-state index contributed by atoms with van der Waals surface area (Å²) in [5.41, 5.74) is 1.76. The number of nitrogens with zero attached hydrogens (tertiary/aromatic N) is 1. The van der Waals surface area contributed by atoms with Crippen molar-refractivity contribution in [2.24, 2.45) is 0 Å². The third kappa shape index (κ3) is 4.20. The third-order valence-electron chi connectivity index (χ3n) is 3.58. The van der Waals surface area contributed by atoms with Gasteiger partial charge >= 0.3 is 0 Å². The van der Waals surface area contributed by atoms with Gasteiger partial charge in [-0.25, -0.2) is 0 Å². The second kappa shape index (κ2) is 7.84. The van der Waals surface area contributed by atoms with Crippen LogP contribution in [0.25, 0.3) is 6.08 Å². The van der Waals surface area contributed by atoms with E-state index >= 15 is 0 Å². The van der Waals surface area contributed by atoms with Gasteiger partial charge in [0.1, 0.15) is 24.0 Å². The van der Waals surface area contributed by atoms with Crippen LogP contribution >= 0.6 is 34.8 Å². The lowest BCUT2D eigenvalue weighted by atomic mass is 10.0. The van der Waals surface area contributed by atoms with Crippen molar-refractivity contribution in [3.8, 4) is 11.8 Å². The summed E-state index contributed by atoms with van der Waals surface area (Å²) < 4.78 is 5.62. The summed E-state index contributed by atoms with van der Waals surface area (Å²) >= 11 is 17.9. The van der Waals surface area contributed by atoms with E-state index in [1.807, 2.05) is 12.1 Å². The Morgan fingerprint density at radius 2 is 1.88 bits per heavy atom. The van der Waals surface area contributed by atoms with Crippen molar-refractivity contribution in [2.75, 3.05) is 11.9 Å². The first kappa shape index (κ1) is 18.3. The van der Waals surface area contributed by atoms with Gasteiger partial charge in [0.25, 0.3) is 5.91 Å². The Hall–Kier alpha value is -2.45. The average molecular weight is 406 g/mol. The molecule has 3 rings (SSSR count). The quantitative estimate of drug-likeness (QED) is 0.541. The summed E-state index contributed by atoms with van der Waals surface area (Å²) in [6.45, 7) is 0.245. The third-order valence-corrected chi connectivity index (χ3v) is 4.36. The highest BCUT2D eigenvalue weighted by Crippen LogP contribution is 2.30. The molecular formula is C19H11Cl3N2O2. The molecule has 1 aliphatic rings. The van der Waals surface area contributed by atoms with E-state index in [0.29, 0.717) is 27.1 Å². The highest BCUT2D eigenvalue weighted by Gasteiger charge is 2.15. The van der Waals surface area contributed by atoms with Crippen molar-refractivity contribution < 1.29 is 9.53 Å². The molecule has 1 N–H and O–H groups in total. The van der Waals surface area contributed by atoms with Crippen LogP contribution in [0.1, 0.15) is 5.56 Å². The maximum absolute atomic E-state index is 12.4. The highest BCUT2D eigenvalue weighted by molar-refractivity contribution is 6.36. The molecule has 1 amide bonds. The van der Waals surface area contributed by atoms with Crippen LogP contribution in [0.4, 0.5) is 5.69 Å². The Kier molecular flexibility index (Phi) is 5.53. The van der Waals surface area contributed by atoms with Gasteiger partial charge in [0, 0.05) is 15.6 Å². The molecule has 1 aliphatic heterocycles. The van der Waals surface area contributed by atoms with E-state index in [2.05, 4.69) is 5.32 Å². The molecule has 0 spiro atoms. The van der Waals surface area contributed by atoms with Crippen LogP contribution in [0.5, 0.6) is 5.75 Å². The average Bonchev–Trinajstić information content (AvgIpc) is 2.61. The van der Waals surface area contributed by atoms with Gasteiger partial charge < -0.3 is 10.1 Å². The Labute approximate surface area is 165 Å². The van der Waals surface area contributed by atoms with Crippen LogP contribution < -0.4 is 10.1 Å². The summed E-state index contributed by atoms with van der Waals surface area (Å²) in [4.78, 5) is 12.4. The molecule has 0 aromatic heterocycles. The van der Waals surface area contributed by atoms with E-state index in [-0.39, 0.29) is 17.2 Å². The van der Waals surface area contributed by atoms with Crippen LogP contribution in [0.2, 0.25) is 15.1 Å². The molecule has 0 atom stereocenters. The summed E-state index contributed by atoms with van der Waals surface area (Å²) in [7, 11) is 0. The number of rotatable bonds is 3. The normalized spacial score (nSPS) is 13.2. The smallest absolute Gasteiger partial charge is 0.266 e. The summed E-state index contributed by atoms with van der Waals surface area (Å²) in [5, 5.41) is 13.2. The van der Waals surface area contributed by atoms with E-state index in [0.717, 1.165) is 5.56 Å². The molecule has 2 aromatic rings. The Bertz CT molecular complexity index is 991. The van der Waals surface area contributed by atoms with Crippen LogP contribution in [0.15, 0.2) is 53.6 Å². The summed E-state index contributed by atoms with van der Waals surface area (Å²) in [6.07, 6.45) is 3.30. The maximum atomic E-state index is 12.4. The maximum Gasteiger partial charge on any atom is 0.266 e. The lowest BCUT2D eigenvalue weighted by molar-refractivity contribution is -0.112. The number of carbonyl (C=O) groups excluding carboxylic acids is 1. The van der Waals surface area contributed by atoms with Gasteiger partial charge in [-0.1, -0.05) is 34.8 Å². The topological polar surface area (TPSA) is 62.1 Å². The highest BCUT2D eigenvalue weighted by atomic mass is 35.5. The Balaban J connectivity index is 1.84. The lowest BCUT2D eigenvalue weighted by Gasteiger charge is -2.16. The minimum absolute atomic E-state index is 0.0728.